The molecule has 0 aromatic heterocycles. The average Bonchev–Trinajstić information content (AvgIpc) is 2.39. The van der Waals surface area contributed by atoms with E-state index in [1.54, 1.807) is 6.92 Å². The molecule has 2 atom stereocenters. The number of hydrogen-bond acceptors (Lipinski definition) is 4. The zero-order chi connectivity index (χ0) is 13.6. The number of rotatable bonds is 6. The average molecular weight is 256 g/mol. The maximum absolute atomic E-state index is 12.5. The van der Waals surface area contributed by atoms with Gasteiger partial charge in [-0.2, -0.15) is 0 Å². The summed E-state index contributed by atoms with van der Waals surface area (Å²) in [6.45, 7) is 4.44. The Morgan fingerprint density at radius 3 is 2.61 bits per heavy atom. The highest BCUT2D eigenvalue weighted by molar-refractivity contribution is 6.03. The second-order valence-electron chi connectivity index (χ2n) is 5.12. The first-order valence-corrected chi connectivity index (χ1v) is 6.81. The smallest absolute Gasteiger partial charge is 0.316 e. The van der Waals surface area contributed by atoms with Crippen LogP contribution in [0.4, 0.5) is 0 Å². The molecular formula is C14H24O4. The van der Waals surface area contributed by atoms with Crippen molar-refractivity contribution >= 4 is 11.8 Å². The van der Waals surface area contributed by atoms with Gasteiger partial charge in [-0.1, -0.05) is 19.8 Å². The summed E-state index contributed by atoms with van der Waals surface area (Å²) in [6, 6.07) is 0. The van der Waals surface area contributed by atoms with Crippen molar-refractivity contribution in [3.63, 3.8) is 0 Å². The lowest BCUT2D eigenvalue weighted by atomic mass is 9.82. The van der Waals surface area contributed by atoms with Gasteiger partial charge in [-0.3, -0.25) is 9.59 Å². The molecule has 4 nitrogen and oxygen atoms in total. The van der Waals surface area contributed by atoms with Gasteiger partial charge < -0.3 is 9.47 Å². The van der Waals surface area contributed by atoms with E-state index < -0.39 is 17.5 Å². The molecule has 18 heavy (non-hydrogen) atoms. The van der Waals surface area contributed by atoms with Crippen LogP contribution in [0.25, 0.3) is 0 Å². The maximum Gasteiger partial charge on any atom is 0.316 e. The predicted molar refractivity (Wildman–Crippen MR) is 68.2 cm³/mol. The lowest BCUT2D eigenvalue weighted by molar-refractivity contribution is -0.162. The monoisotopic (exact) mass is 256 g/mol. The van der Waals surface area contributed by atoms with Crippen molar-refractivity contribution in [2.24, 2.45) is 5.92 Å². The summed E-state index contributed by atoms with van der Waals surface area (Å²) in [5, 5.41) is 0. The van der Waals surface area contributed by atoms with Crippen LogP contribution in [0.2, 0.25) is 0 Å². The Bertz CT molecular complexity index is 292. The number of methoxy groups -OCH3 is 1. The SMILES string of the molecule is CCCCC(C(=O)OC)C(=O)C1(C)CCCCO1. The molecule has 0 N–H and O–H groups in total. The van der Waals surface area contributed by atoms with E-state index in [9.17, 15) is 9.59 Å². The first-order chi connectivity index (χ1) is 8.55. The number of esters is 1. The van der Waals surface area contributed by atoms with Crippen molar-refractivity contribution in [1.82, 2.24) is 0 Å². The minimum Gasteiger partial charge on any atom is -0.468 e. The van der Waals surface area contributed by atoms with Gasteiger partial charge in [-0.25, -0.2) is 0 Å². The van der Waals surface area contributed by atoms with Gasteiger partial charge >= 0.3 is 5.97 Å². The summed E-state index contributed by atoms with van der Waals surface area (Å²) in [5.41, 5.74) is -0.801. The van der Waals surface area contributed by atoms with E-state index in [0.29, 0.717) is 19.4 Å². The van der Waals surface area contributed by atoms with Gasteiger partial charge in [0, 0.05) is 6.61 Å². The number of carbonyl (C=O) groups is 2. The number of Topliss-reactive ketones (excluding diaryl/α,β-unsaturated/α-hetero) is 1. The van der Waals surface area contributed by atoms with Crippen LogP contribution in [0.1, 0.15) is 52.4 Å². The lowest BCUT2D eigenvalue weighted by Gasteiger charge is -2.34. The molecule has 0 aliphatic carbocycles. The summed E-state index contributed by atoms with van der Waals surface area (Å²) < 4.78 is 10.4. The number of hydrogen-bond donors (Lipinski definition) is 0. The van der Waals surface area contributed by atoms with Crippen LogP contribution in [0.5, 0.6) is 0 Å². The van der Waals surface area contributed by atoms with Crippen molar-refractivity contribution in [3.8, 4) is 0 Å². The fraction of sp³-hybridized carbons (Fsp3) is 0.857. The molecule has 0 saturated carbocycles. The molecule has 1 saturated heterocycles. The van der Waals surface area contributed by atoms with Gasteiger partial charge in [0.15, 0.2) is 5.78 Å². The summed E-state index contributed by atoms with van der Waals surface area (Å²) in [7, 11) is 1.33. The topological polar surface area (TPSA) is 52.6 Å². The van der Waals surface area contributed by atoms with Gasteiger partial charge in [-0.05, 0) is 32.6 Å². The van der Waals surface area contributed by atoms with E-state index in [1.807, 2.05) is 6.92 Å². The van der Waals surface area contributed by atoms with Gasteiger partial charge in [0.2, 0.25) is 0 Å². The number of ether oxygens (including phenoxy) is 2. The van der Waals surface area contributed by atoms with E-state index in [-0.39, 0.29) is 5.78 Å². The van der Waals surface area contributed by atoms with E-state index in [0.717, 1.165) is 25.7 Å². The van der Waals surface area contributed by atoms with E-state index in [2.05, 4.69) is 0 Å². The number of ketones is 1. The largest absolute Gasteiger partial charge is 0.468 e. The normalized spacial score (nSPS) is 25.5. The zero-order valence-corrected chi connectivity index (χ0v) is 11.7. The Hall–Kier alpha value is -0.900. The van der Waals surface area contributed by atoms with Crippen molar-refractivity contribution in [1.29, 1.82) is 0 Å². The second kappa shape index (κ2) is 6.88. The Morgan fingerprint density at radius 1 is 1.39 bits per heavy atom. The van der Waals surface area contributed by atoms with Crippen LogP contribution >= 0.6 is 0 Å². The molecule has 1 heterocycles. The van der Waals surface area contributed by atoms with Crippen LogP contribution in [0.15, 0.2) is 0 Å². The highest BCUT2D eigenvalue weighted by Gasteiger charge is 2.42. The Balaban J connectivity index is 2.76. The quantitative estimate of drug-likeness (QED) is 0.541. The molecule has 1 aliphatic heterocycles. The molecule has 0 spiro atoms. The van der Waals surface area contributed by atoms with Crippen molar-refractivity contribution in [3.05, 3.63) is 0 Å². The molecule has 1 fully saturated rings. The van der Waals surface area contributed by atoms with Crippen LogP contribution in [-0.4, -0.2) is 31.1 Å². The third kappa shape index (κ3) is 3.55. The second-order valence-corrected chi connectivity index (χ2v) is 5.12. The minimum atomic E-state index is -0.801. The molecule has 1 aliphatic rings. The molecule has 0 bridgehead atoms. The van der Waals surface area contributed by atoms with Gasteiger partial charge in [-0.15, -0.1) is 0 Å². The van der Waals surface area contributed by atoms with E-state index in [1.165, 1.54) is 7.11 Å². The van der Waals surface area contributed by atoms with Gasteiger partial charge in [0.05, 0.1) is 7.11 Å². The molecule has 1 rings (SSSR count). The first kappa shape index (κ1) is 15.2. The summed E-state index contributed by atoms with van der Waals surface area (Å²) in [5.74, 6) is -1.20. The fourth-order valence-corrected chi connectivity index (χ4v) is 2.40. The number of carbonyl (C=O) groups excluding carboxylic acids is 2. The van der Waals surface area contributed by atoms with Crippen LogP contribution < -0.4 is 0 Å². The van der Waals surface area contributed by atoms with Gasteiger partial charge in [0.25, 0.3) is 0 Å². The van der Waals surface area contributed by atoms with Crippen LogP contribution in [0, 0.1) is 5.92 Å². The third-order valence-corrected chi connectivity index (χ3v) is 3.64. The molecule has 0 radical (unpaired) electrons. The summed E-state index contributed by atoms with van der Waals surface area (Å²) in [6.07, 6.45) is 5.02. The lowest BCUT2D eigenvalue weighted by Crippen LogP contribution is -2.47. The van der Waals surface area contributed by atoms with Crippen molar-refractivity contribution in [2.45, 2.75) is 58.0 Å². The van der Waals surface area contributed by atoms with Crippen molar-refractivity contribution in [2.75, 3.05) is 13.7 Å². The fourth-order valence-electron chi connectivity index (χ4n) is 2.40. The van der Waals surface area contributed by atoms with E-state index >= 15 is 0 Å². The highest BCUT2D eigenvalue weighted by Crippen LogP contribution is 2.30. The minimum absolute atomic E-state index is 0.109. The molecule has 0 aromatic carbocycles. The van der Waals surface area contributed by atoms with Crippen molar-refractivity contribution < 1.29 is 19.1 Å². The van der Waals surface area contributed by atoms with Crippen LogP contribution in [-0.2, 0) is 19.1 Å². The molecular weight excluding hydrogens is 232 g/mol. The Labute approximate surface area is 109 Å². The standard InChI is InChI=1S/C14H24O4/c1-4-5-8-11(13(16)17-3)12(15)14(2)9-6-7-10-18-14/h11H,4-10H2,1-3H3. The first-order valence-electron chi connectivity index (χ1n) is 6.81. The Kier molecular flexibility index (Phi) is 5.79. The predicted octanol–water partition coefficient (Wildman–Crippen LogP) is 2.49. The third-order valence-electron chi connectivity index (χ3n) is 3.64. The zero-order valence-electron chi connectivity index (χ0n) is 11.7. The molecule has 0 amide bonds. The molecule has 104 valence electrons. The highest BCUT2D eigenvalue weighted by atomic mass is 16.5. The van der Waals surface area contributed by atoms with Gasteiger partial charge in [0.1, 0.15) is 11.5 Å². The molecule has 0 aromatic rings. The number of unbranched alkanes of at least 4 members (excludes halogenated alkanes) is 1. The van der Waals surface area contributed by atoms with Crippen LogP contribution in [0.3, 0.4) is 0 Å². The molecule has 4 heteroatoms. The summed E-state index contributed by atoms with van der Waals surface area (Å²) in [4.78, 5) is 24.2. The van der Waals surface area contributed by atoms with E-state index in [4.69, 9.17) is 9.47 Å². The summed E-state index contributed by atoms with van der Waals surface area (Å²) >= 11 is 0. The molecule has 2 unspecified atom stereocenters. The Morgan fingerprint density at radius 2 is 2.11 bits per heavy atom. The maximum atomic E-state index is 12.5.